The van der Waals surface area contributed by atoms with Crippen LogP contribution < -0.4 is 0 Å². The molecule has 9 heteroatoms. The van der Waals surface area contributed by atoms with Crippen molar-refractivity contribution in [3.63, 3.8) is 0 Å². The van der Waals surface area contributed by atoms with E-state index in [9.17, 15) is 0 Å². The van der Waals surface area contributed by atoms with Crippen LogP contribution >= 0.6 is 20.7 Å². The fraction of sp³-hybridized carbons (Fsp3) is 0. The van der Waals surface area contributed by atoms with Crippen molar-refractivity contribution >= 4 is 20.7 Å². The number of aromatic nitrogens is 4. The van der Waals surface area contributed by atoms with Gasteiger partial charge in [-0.3, -0.25) is 4.57 Å². The molecule has 0 aliphatic rings. The molecule has 0 aliphatic carbocycles. The Kier molecular flexibility index (Phi) is 15.4. The number of nitrogens with zero attached hydrogens (tertiary/aromatic N) is 4. The zero-order valence-electron chi connectivity index (χ0n) is 8.62. The summed E-state index contributed by atoms with van der Waals surface area (Å²) >= 11 is 0. The van der Waals surface area contributed by atoms with E-state index >= 15 is 0 Å². The molecule has 0 aromatic carbocycles. The molecule has 94 valence electrons. The van der Waals surface area contributed by atoms with Gasteiger partial charge in [-0.25, -0.2) is 19.9 Å². The summed E-state index contributed by atoms with van der Waals surface area (Å²) in [5.74, 6) is 0. The topological polar surface area (TPSA) is 109 Å². The molecular formula is C8H12ClN4O3P. The SMILES string of the molecule is Cl.O=[PH](O)O.c1cncnc1.c1cncnc1. The number of hydrogen-bond acceptors (Lipinski definition) is 5. The summed E-state index contributed by atoms with van der Waals surface area (Å²) in [6, 6.07) is 3.56. The Morgan fingerprint density at radius 1 is 0.765 bits per heavy atom. The Hall–Kier alpha value is -1.40. The van der Waals surface area contributed by atoms with Gasteiger partial charge in [-0.1, -0.05) is 0 Å². The van der Waals surface area contributed by atoms with Crippen LogP contribution in [-0.2, 0) is 4.57 Å². The summed E-state index contributed by atoms with van der Waals surface area (Å²) < 4.78 is 8.74. The zero-order chi connectivity index (χ0) is 12.1. The molecule has 0 saturated carbocycles. The van der Waals surface area contributed by atoms with Gasteiger partial charge in [0.2, 0.25) is 0 Å². The van der Waals surface area contributed by atoms with E-state index in [4.69, 9.17) is 14.4 Å². The minimum Gasteiger partial charge on any atom is -0.326 e. The van der Waals surface area contributed by atoms with Crippen LogP contribution in [0.3, 0.4) is 0 Å². The van der Waals surface area contributed by atoms with Crippen LogP contribution in [0.25, 0.3) is 0 Å². The van der Waals surface area contributed by atoms with Crippen LogP contribution in [0.15, 0.2) is 49.6 Å². The maximum Gasteiger partial charge on any atom is 0.314 e. The van der Waals surface area contributed by atoms with Crippen molar-refractivity contribution in [2.45, 2.75) is 0 Å². The van der Waals surface area contributed by atoms with Gasteiger partial charge < -0.3 is 9.79 Å². The van der Waals surface area contributed by atoms with E-state index in [2.05, 4.69) is 19.9 Å². The highest BCUT2D eigenvalue weighted by molar-refractivity contribution is 7.30. The molecule has 17 heavy (non-hydrogen) atoms. The minimum absolute atomic E-state index is 0. The average Bonchev–Trinajstić information content (AvgIpc) is 2.34. The molecule has 0 radical (unpaired) electrons. The summed E-state index contributed by atoms with van der Waals surface area (Å²) in [4.78, 5) is 29.0. The zero-order valence-corrected chi connectivity index (χ0v) is 10.4. The van der Waals surface area contributed by atoms with E-state index in [0.717, 1.165) is 0 Å². The summed E-state index contributed by atoms with van der Waals surface area (Å²) in [6.45, 7) is 0. The minimum atomic E-state index is -3.13. The molecule has 2 heterocycles. The van der Waals surface area contributed by atoms with E-state index in [-0.39, 0.29) is 12.4 Å². The second-order valence-corrected chi connectivity index (χ2v) is 2.66. The van der Waals surface area contributed by atoms with Crippen LogP contribution in [0.5, 0.6) is 0 Å². The average molecular weight is 279 g/mol. The van der Waals surface area contributed by atoms with Crippen LogP contribution in [0, 0.1) is 0 Å². The van der Waals surface area contributed by atoms with Crippen molar-refractivity contribution in [3.05, 3.63) is 49.6 Å². The second kappa shape index (κ2) is 14.6. The largest absolute Gasteiger partial charge is 0.326 e. The molecule has 0 saturated heterocycles. The number of rotatable bonds is 0. The molecule has 7 nitrogen and oxygen atoms in total. The van der Waals surface area contributed by atoms with E-state index < -0.39 is 8.25 Å². The Morgan fingerprint density at radius 2 is 1.00 bits per heavy atom. The molecule has 0 bridgehead atoms. The highest BCUT2D eigenvalue weighted by Crippen LogP contribution is 1.98. The highest BCUT2D eigenvalue weighted by atomic mass is 35.5. The van der Waals surface area contributed by atoms with Gasteiger partial charge in [0.25, 0.3) is 0 Å². The number of hydrogen-bond donors (Lipinski definition) is 2. The van der Waals surface area contributed by atoms with Crippen molar-refractivity contribution in [2.24, 2.45) is 0 Å². The van der Waals surface area contributed by atoms with Crippen LogP contribution in [0.2, 0.25) is 0 Å². The molecule has 0 fully saturated rings. The Balaban J connectivity index is 0. The lowest BCUT2D eigenvalue weighted by molar-refractivity contribution is 0.405. The van der Waals surface area contributed by atoms with E-state index in [1.54, 1.807) is 36.9 Å². The maximum absolute atomic E-state index is 8.74. The molecule has 0 amide bonds. The van der Waals surface area contributed by atoms with Crippen molar-refractivity contribution in [2.75, 3.05) is 0 Å². The first-order valence-electron chi connectivity index (χ1n) is 4.05. The molecule has 0 atom stereocenters. The van der Waals surface area contributed by atoms with Gasteiger partial charge in [-0.05, 0) is 12.1 Å². The Bertz CT molecular complexity index is 279. The molecular weight excluding hydrogens is 267 g/mol. The first kappa shape index (κ1) is 18.0. The smallest absolute Gasteiger partial charge is 0.314 e. The summed E-state index contributed by atoms with van der Waals surface area (Å²) in [5, 5.41) is 0. The van der Waals surface area contributed by atoms with E-state index in [0.29, 0.717) is 0 Å². The summed E-state index contributed by atoms with van der Waals surface area (Å²) in [6.07, 6.45) is 9.75. The van der Waals surface area contributed by atoms with Gasteiger partial charge in [0.15, 0.2) is 0 Å². The Labute approximate surface area is 105 Å². The monoisotopic (exact) mass is 278 g/mol. The fourth-order valence-corrected chi connectivity index (χ4v) is 0.507. The highest BCUT2D eigenvalue weighted by Gasteiger charge is 1.61. The van der Waals surface area contributed by atoms with Gasteiger partial charge in [0.1, 0.15) is 12.7 Å². The van der Waals surface area contributed by atoms with E-state index in [1.165, 1.54) is 12.7 Å². The summed E-state index contributed by atoms with van der Waals surface area (Å²) in [7, 11) is -3.13. The third-order valence-corrected chi connectivity index (χ3v) is 0.955. The molecule has 2 rings (SSSR count). The molecule has 0 spiro atoms. The van der Waals surface area contributed by atoms with Crippen molar-refractivity contribution in [1.82, 2.24) is 19.9 Å². The quantitative estimate of drug-likeness (QED) is 0.684. The van der Waals surface area contributed by atoms with Gasteiger partial charge >= 0.3 is 8.25 Å². The van der Waals surface area contributed by atoms with Crippen molar-refractivity contribution in [1.29, 1.82) is 0 Å². The third kappa shape index (κ3) is 20.6. The molecule has 0 aliphatic heterocycles. The van der Waals surface area contributed by atoms with Gasteiger partial charge in [0, 0.05) is 24.8 Å². The maximum atomic E-state index is 8.74. The van der Waals surface area contributed by atoms with Gasteiger partial charge in [0.05, 0.1) is 0 Å². The van der Waals surface area contributed by atoms with Gasteiger partial charge in [-0.15, -0.1) is 12.4 Å². The lowest BCUT2D eigenvalue weighted by Crippen LogP contribution is -1.66. The molecule has 2 N–H and O–H groups in total. The fourth-order valence-electron chi connectivity index (χ4n) is 0.507. The first-order valence-corrected chi connectivity index (χ1v) is 5.35. The van der Waals surface area contributed by atoms with Crippen LogP contribution in [-0.4, -0.2) is 29.7 Å². The molecule has 2 aromatic heterocycles. The second-order valence-electron chi connectivity index (χ2n) is 2.09. The molecule has 0 unspecified atom stereocenters. The van der Waals surface area contributed by atoms with Crippen molar-refractivity contribution in [3.8, 4) is 0 Å². The lowest BCUT2D eigenvalue weighted by Gasteiger charge is -1.70. The van der Waals surface area contributed by atoms with Crippen LogP contribution in [0.1, 0.15) is 0 Å². The Morgan fingerprint density at radius 3 is 1.06 bits per heavy atom. The van der Waals surface area contributed by atoms with Crippen molar-refractivity contribution < 1.29 is 14.4 Å². The molecule has 2 aromatic rings. The predicted molar refractivity (Wildman–Crippen MR) is 64.8 cm³/mol. The lowest BCUT2D eigenvalue weighted by atomic mass is 10.7. The standard InChI is InChI=1S/2C4H4N2.ClH.H3O3P/c2*1-2-5-4-6-3-1;;1-4(2)3/h2*1-4H;1H;4H,(H2,1,2,3). The van der Waals surface area contributed by atoms with E-state index in [1.807, 2.05) is 0 Å². The van der Waals surface area contributed by atoms with Crippen LogP contribution in [0.4, 0.5) is 0 Å². The first-order chi connectivity index (χ1) is 7.73. The normalized spacial score (nSPS) is 7.71. The predicted octanol–water partition coefficient (Wildman–Crippen LogP) is 0.736. The van der Waals surface area contributed by atoms with Gasteiger partial charge in [-0.2, -0.15) is 0 Å². The third-order valence-electron chi connectivity index (χ3n) is 0.955. The summed E-state index contributed by atoms with van der Waals surface area (Å²) in [5.41, 5.74) is 0. The number of halogens is 1.